The highest BCUT2D eigenvalue weighted by Gasteiger charge is 2.27. The van der Waals surface area contributed by atoms with Crippen LogP contribution in [0.4, 0.5) is 0 Å². The van der Waals surface area contributed by atoms with Crippen LogP contribution in [0.15, 0.2) is 18.7 Å². The third kappa shape index (κ3) is 7.44. The fourth-order valence-corrected chi connectivity index (χ4v) is 2.93. The van der Waals surface area contributed by atoms with Gasteiger partial charge in [-0.3, -0.25) is 14.4 Å². The summed E-state index contributed by atoms with van der Waals surface area (Å²) in [4.78, 5) is 46.7. The van der Waals surface area contributed by atoms with E-state index in [2.05, 4.69) is 22.5 Å². The summed E-state index contributed by atoms with van der Waals surface area (Å²) in [5, 5.41) is 26.6. The first-order chi connectivity index (χ1) is 14.4. The van der Waals surface area contributed by atoms with E-state index >= 15 is 0 Å². The van der Waals surface area contributed by atoms with E-state index in [4.69, 9.17) is 5.11 Å². The van der Waals surface area contributed by atoms with Gasteiger partial charge in [0.25, 0.3) is 0 Å². The van der Waals surface area contributed by atoms with Crippen LogP contribution in [0.25, 0.3) is 5.70 Å². The Hall–Kier alpha value is -3.36. The first kappa shape index (κ1) is 25.7. The Morgan fingerprint density at radius 3 is 2.03 bits per heavy atom. The number of carboxylic acid groups (broad SMARTS) is 1. The molecule has 5 N–H and O–H groups in total. The number of carboxylic acids is 1. The van der Waals surface area contributed by atoms with Crippen LogP contribution in [0.2, 0.25) is 0 Å². The second-order valence-electron chi connectivity index (χ2n) is 7.88. The van der Waals surface area contributed by atoms with Crippen LogP contribution in [0, 0.1) is 19.8 Å². The van der Waals surface area contributed by atoms with Crippen molar-refractivity contribution >= 4 is 29.8 Å². The van der Waals surface area contributed by atoms with E-state index in [9.17, 15) is 24.3 Å². The molecule has 0 radical (unpaired) electrons. The van der Waals surface area contributed by atoms with Gasteiger partial charge in [0.05, 0.1) is 12.5 Å². The number of aryl methyl sites for hydroxylation is 2. The van der Waals surface area contributed by atoms with Gasteiger partial charge in [-0.2, -0.15) is 0 Å². The Morgan fingerprint density at radius 1 is 1.03 bits per heavy atom. The zero-order chi connectivity index (χ0) is 23.9. The highest BCUT2D eigenvalue weighted by molar-refractivity contribution is 5.91. The molecule has 3 atom stereocenters. The molecule has 9 heteroatoms. The number of phenolic OH excluding ortho intramolecular Hbond substituents is 1. The van der Waals surface area contributed by atoms with Crippen molar-refractivity contribution in [1.82, 2.24) is 16.0 Å². The number of hydrogen-bond acceptors (Lipinski definition) is 6. The van der Waals surface area contributed by atoms with Crippen molar-refractivity contribution in [2.75, 3.05) is 0 Å². The highest BCUT2D eigenvalue weighted by atomic mass is 16.4. The summed E-state index contributed by atoms with van der Waals surface area (Å²) in [5.41, 5.74) is 2.57. The van der Waals surface area contributed by atoms with Crippen molar-refractivity contribution in [3.8, 4) is 5.75 Å². The molecule has 1 rings (SSSR count). The SMILES string of the molecule is C=C(N[C@H](C(=O)N[C@@H](C)C(=O)N[C@H](C=O)CC(=O)O)C(C)C)c1cc(C)c(O)c(C)c1. The number of benzene rings is 1. The average molecular weight is 434 g/mol. The lowest BCUT2D eigenvalue weighted by Crippen LogP contribution is -2.54. The molecule has 0 aliphatic heterocycles. The molecular formula is C22H31N3O6. The number of rotatable bonds is 11. The molecule has 2 amide bonds. The van der Waals surface area contributed by atoms with Crippen molar-refractivity contribution in [3.63, 3.8) is 0 Å². The molecule has 9 nitrogen and oxygen atoms in total. The number of phenols is 1. The van der Waals surface area contributed by atoms with Crippen LogP contribution >= 0.6 is 0 Å². The molecule has 31 heavy (non-hydrogen) atoms. The fraction of sp³-hybridized carbons (Fsp3) is 0.455. The zero-order valence-corrected chi connectivity index (χ0v) is 18.5. The van der Waals surface area contributed by atoms with Gasteiger partial charge in [-0.25, -0.2) is 0 Å². The second-order valence-corrected chi connectivity index (χ2v) is 7.88. The number of nitrogens with one attached hydrogen (secondary N) is 3. The minimum absolute atomic E-state index is 0.152. The Morgan fingerprint density at radius 2 is 1.58 bits per heavy atom. The molecule has 0 unspecified atom stereocenters. The van der Waals surface area contributed by atoms with Crippen molar-refractivity contribution in [2.24, 2.45) is 5.92 Å². The van der Waals surface area contributed by atoms with Gasteiger partial charge in [0.15, 0.2) is 0 Å². The van der Waals surface area contributed by atoms with Gasteiger partial charge in [-0.1, -0.05) is 20.4 Å². The Labute approximate surface area is 181 Å². The molecule has 0 fully saturated rings. The number of aromatic hydroxyl groups is 1. The Kier molecular flexibility index (Phi) is 9.23. The van der Waals surface area contributed by atoms with Gasteiger partial charge >= 0.3 is 5.97 Å². The lowest BCUT2D eigenvalue weighted by atomic mass is 10.00. The minimum atomic E-state index is -1.23. The second kappa shape index (κ2) is 11.1. The van der Waals surface area contributed by atoms with Crippen molar-refractivity contribution in [1.29, 1.82) is 0 Å². The third-order valence-electron chi connectivity index (χ3n) is 4.76. The van der Waals surface area contributed by atoms with Crippen LogP contribution in [-0.4, -0.2) is 52.4 Å². The molecule has 1 aromatic carbocycles. The van der Waals surface area contributed by atoms with Gasteiger partial charge in [0.1, 0.15) is 24.1 Å². The summed E-state index contributed by atoms with van der Waals surface area (Å²) in [6.07, 6.45) is -0.206. The maximum atomic E-state index is 12.8. The smallest absolute Gasteiger partial charge is 0.305 e. The molecule has 0 aromatic heterocycles. The summed E-state index contributed by atoms with van der Waals surface area (Å²) >= 11 is 0. The number of amides is 2. The fourth-order valence-electron chi connectivity index (χ4n) is 2.93. The molecule has 0 saturated heterocycles. The maximum absolute atomic E-state index is 12.8. The normalized spacial score (nSPS) is 13.6. The van der Waals surface area contributed by atoms with Crippen LogP contribution in [0.5, 0.6) is 5.75 Å². The quantitative estimate of drug-likeness (QED) is 0.330. The standard InChI is InChI=1S/C22H31N3O6/c1-11(2)19(23-14(5)16-7-12(3)20(29)13(4)8-16)22(31)24-15(6)21(30)25-17(10-26)9-18(27)28/h7-8,10-11,15,17,19,23,29H,5,9H2,1-4,6H3,(H,24,31)(H,25,30)(H,27,28)/t15-,17-,19-/m0/s1. The van der Waals surface area contributed by atoms with Gasteiger partial charge in [0.2, 0.25) is 11.8 Å². The van der Waals surface area contributed by atoms with Gasteiger partial charge in [0, 0.05) is 5.70 Å². The number of carbonyl (C=O) groups excluding carboxylic acids is 3. The molecule has 0 aliphatic carbocycles. The summed E-state index contributed by atoms with van der Waals surface area (Å²) in [7, 11) is 0. The van der Waals surface area contributed by atoms with Crippen LogP contribution in [0.1, 0.15) is 43.9 Å². The van der Waals surface area contributed by atoms with E-state index in [1.54, 1.807) is 26.0 Å². The summed E-state index contributed by atoms with van der Waals surface area (Å²) in [6.45, 7) is 12.6. The van der Waals surface area contributed by atoms with E-state index in [0.717, 1.165) is 5.56 Å². The number of hydrogen-bond donors (Lipinski definition) is 5. The summed E-state index contributed by atoms with van der Waals surface area (Å²) < 4.78 is 0. The van der Waals surface area contributed by atoms with Crippen LogP contribution in [-0.2, 0) is 19.2 Å². The van der Waals surface area contributed by atoms with E-state index in [-0.39, 0.29) is 11.7 Å². The van der Waals surface area contributed by atoms with Crippen LogP contribution in [0.3, 0.4) is 0 Å². The largest absolute Gasteiger partial charge is 0.507 e. The van der Waals surface area contributed by atoms with Crippen molar-refractivity contribution in [2.45, 2.75) is 59.2 Å². The number of carbonyl (C=O) groups is 4. The predicted molar refractivity (Wildman–Crippen MR) is 116 cm³/mol. The summed E-state index contributed by atoms with van der Waals surface area (Å²) in [5.74, 6) is -2.30. The number of aldehydes is 1. The lowest BCUT2D eigenvalue weighted by molar-refractivity contribution is -0.139. The zero-order valence-electron chi connectivity index (χ0n) is 18.5. The van der Waals surface area contributed by atoms with Crippen molar-refractivity contribution < 1.29 is 29.4 Å². The molecular weight excluding hydrogens is 402 g/mol. The number of aliphatic carboxylic acids is 1. The predicted octanol–water partition coefficient (Wildman–Crippen LogP) is 1.26. The minimum Gasteiger partial charge on any atom is -0.507 e. The summed E-state index contributed by atoms with van der Waals surface area (Å²) in [6, 6.07) is 0.635. The molecule has 0 heterocycles. The average Bonchev–Trinajstić information content (AvgIpc) is 2.67. The molecule has 170 valence electrons. The van der Waals surface area contributed by atoms with E-state index in [1.165, 1.54) is 6.92 Å². The molecule has 1 aromatic rings. The van der Waals surface area contributed by atoms with E-state index < -0.39 is 42.3 Å². The van der Waals surface area contributed by atoms with Gasteiger partial charge < -0.3 is 31.0 Å². The monoisotopic (exact) mass is 433 g/mol. The first-order valence-electron chi connectivity index (χ1n) is 9.91. The van der Waals surface area contributed by atoms with Gasteiger partial charge in [-0.05, 0) is 55.5 Å². The van der Waals surface area contributed by atoms with Crippen LogP contribution < -0.4 is 16.0 Å². The van der Waals surface area contributed by atoms with E-state index in [1.807, 2.05) is 13.8 Å². The Bertz CT molecular complexity index is 842. The topological polar surface area (TPSA) is 145 Å². The molecule has 0 spiro atoms. The maximum Gasteiger partial charge on any atom is 0.305 e. The molecule has 0 bridgehead atoms. The van der Waals surface area contributed by atoms with Gasteiger partial charge in [-0.15, -0.1) is 0 Å². The van der Waals surface area contributed by atoms with E-state index in [0.29, 0.717) is 23.1 Å². The van der Waals surface area contributed by atoms with Crippen molar-refractivity contribution in [3.05, 3.63) is 35.4 Å². The molecule has 0 aliphatic rings. The first-order valence-corrected chi connectivity index (χ1v) is 9.91. The third-order valence-corrected chi connectivity index (χ3v) is 4.76. The molecule has 0 saturated carbocycles. The Balaban J connectivity index is 2.85. The lowest BCUT2D eigenvalue weighted by Gasteiger charge is -2.26. The highest BCUT2D eigenvalue weighted by Crippen LogP contribution is 2.25.